The standard InChI is InChI=1S/C15H23N3O2/c1-3-10-20-15-12-13(5-6-14(15)17)18(8-4-7-16)9-11-19-2/h5-6,12H,3-4,8-11,17H2,1-2H3. The Labute approximate surface area is 120 Å². The summed E-state index contributed by atoms with van der Waals surface area (Å²) in [5.74, 6) is 0.698. The fourth-order valence-electron chi connectivity index (χ4n) is 1.81. The van der Waals surface area contributed by atoms with Gasteiger partial charge < -0.3 is 20.1 Å². The molecule has 110 valence electrons. The summed E-state index contributed by atoms with van der Waals surface area (Å²) in [4.78, 5) is 2.10. The fourth-order valence-corrected chi connectivity index (χ4v) is 1.81. The maximum Gasteiger partial charge on any atom is 0.144 e. The van der Waals surface area contributed by atoms with Crippen LogP contribution in [0.5, 0.6) is 5.75 Å². The number of hydrogen-bond donors (Lipinski definition) is 1. The van der Waals surface area contributed by atoms with Gasteiger partial charge in [0.05, 0.1) is 31.4 Å². The second-order valence-corrected chi connectivity index (χ2v) is 4.46. The minimum atomic E-state index is 0.471. The van der Waals surface area contributed by atoms with Crippen molar-refractivity contribution in [1.29, 1.82) is 5.26 Å². The zero-order chi connectivity index (χ0) is 14.8. The molecule has 0 saturated carbocycles. The summed E-state index contributed by atoms with van der Waals surface area (Å²) in [5, 5.41) is 8.75. The second-order valence-electron chi connectivity index (χ2n) is 4.46. The number of nitrogens with zero attached hydrogens (tertiary/aromatic N) is 2. The van der Waals surface area contributed by atoms with Crippen LogP contribution in [0.15, 0.2) is 18.2 Å². The van der Waals surface area contributed by atoms with Crippen molar-refractivity contribution in [3.63, 3.8) is 0 Å². The number of ether oxygens (including phenoxy) is 2. The van der Waals surface area contributed by atoms with Crippen molar-refractivity contribution >= 4 is 11.4 Å². The largest absolute Gasteiger partial charge is 0.491 e. The summed E-state index contributed by atoms with van der Waals surface area (Å²) < 4.78 is 10.7. The Bertz CT molecular complexity index is 443. The van der Waals surface area contributed by atoms with Gasteiger partial charge in [0.2, 0.25) is 0 Å². The molecule has 5 nitrogen and oxygen atoms in total. The molecule has 0 unspecified atom stereocenters. The van der Waals surface area contributed by atoms with Crippen LogP contribution in [-0.2, 0) is 4.74 Å². The molecule has 1 aromatic carbocycles. The van der Waals surface area contributed by atoms with Crippen molar-refractivity contribution in [3.8, 4) is 11.8 Å². The van der Waals surface area contributed by atoms with E-state index in [-0.39, 0.29) is 0 Å². The lowest BCUT2D eigenvalue weighted by Gasteiger charge is -2.24. The number of nitriles is 1. The molecule has 0 aromatic heterocycles. The molecular weight excluding hydrogens is 254 g/mol. The van der Waals surface area contributed by atoms with E-state index in [1.807, 2.05) is 18.2 Å². The van der Waals surface area contributed by atoms with Gasteiger partial charge in [-0.15, -0.1) is 0 Å². The molecule has 0 fully saturated rings. The zero-order valence-electron chi connectivity index (χ0n) is 12.3. The van der Waals surface area contributed by atoms with Gasteiger partial charge in [-0.3, -0.25) is 0 Å². The predicted molar refractivity (Wildman–Crippen MR) is 81.0 cm³/mol. The Morgan fingerprint density at radius 1 is 1.30 bits per heavy atom. The van der Waals surface area contributed by atoms with E-state index in [1.165, 1.54) is 0 Å². The van der Waals surface area contributed by atoms with E-state index in [0.29, 0.717) is 37.6 Å². The number of hydrogen-bond acceptors (Lipinski definition) is 5. The van der Waals surface area contributed by atoms with Gasteiger partial charge in [0.25, 0.3) is 0 Å². The lowest BCUT2D eigenvalue weighted by Crippen LogP contribution is -2.28. The molecule has 20 heavy (non-hydrogen) atoms. The van der Waals surface area contributed by atoms with Crippen LogP contribution >= 0.6 is 0 Å². The number of anilines is 2. The first-order chi connectivity index (χ1) is 9.72. The first-order valence-corrected chi connectivity index (χ1v) is 6.86. The molecule has 0 aliphatic heterocycles. The number of rotatable bonds is 9. The number of nitrogen functional groups attached to an aromatic ring is 1. The molecule has 0 bridgehead atoms. The molecule has 0 heterocycles. The number of benzene rings is 1. The quantitative estimate of drug-likeness (QED) is 0.702. The van der Waals surface area contributed by atoms with E-state index in [2.05, 4.69) is 17.9 Å². The van der Waals surface area contributed by atoms with Crippen LogP contribution in [0.4, 0.5) is 11.4 Å². The van der Waals surface area contributed by atoms with Crippen LogP contribution in [0.25, 0.3) is 0 Å². The molecule has 2 N–H and O–H groups in total. The highest BCUT2D eigenvalue weighted by molar-refractivity contribution is 5.62. The molecule has 0 aliphatic rings. The van der Waals surface area contributed by atoms with Crippen molar-refractivity contribution < 1.29 is 9.47 Å². The third-order valence-corrected chi connectivity index (χ3v) is 2.88. The van der Waals surface area contributed by atoms with Gasteiger partial charge in [-0.25, -0.2) is 0 Å². The van der Waals surface area contributed by atoms with E-state index in [4.69, 9.17) is 20.5 Å². The Balaban J connectivity index is 2.85. The summed E-state index contributed by atoms with van der Waals surface area (Å²) in [7, 11) is 1.67. The molecule has 0 atom stereocenters. The third kappa shape index (κ3) is 4.98. The van der Waals surface area contributed by atoms with Gasteiger partial charge >= 0.3 is 0 Å². The SMILES string of the molecule is CCCOc1cc(N(CCC#N)CCOC)ccc1N. The van der Waals surface area contributed by atoms with Crippen molar-refractivity contribution in [2.24, 2.45) is 0 Å². The summed E-state index contributed by atoms with van der Waals surface area (Å²) >= 11 is 0. The van der Waals surface area contributed by atoms with Crippen molar-refractivity contribution in [2.75, 3.05) is 44.0 Å². The lowest BCUT2D eigenvalue weighted by molar-refractivity contribution is 0.205. The highest BCUT2D eigenvalue weighted by atomic mass is 16.5. The van der Waals surface area contributed by atoms with Gasteiger partial charge in [-0.1, -0.05) is 6.92 Å². The average molecular weight is 277 g/mol. The van der Waals surface area contributed by atoms with Crippen LogP contribution in [-0.4, -0.2) is 33.4 Å². The first-order valence-electron chi connectivity index (χ1n) is 6.86. The Morgan fingerprint density at radius 3 is 2.75 bits per heavy atom. The third-order valence-electron chi connectivity index (χ3n) is 2.88. The zero-order valence-corrected chi connectivity index (χ0v) is 12.3. The van der Waals surface area contributed by atoms with Crippen LogP contribution in [0.1, 0.15) is 19.8 Å². The molecule has 1 aromatic rings. The molecule has 0 amide bonds. The maximum absolute atomic E-state index is 8.75. The summed E-state index contributed by atoms with van der Waals surface area (Å²) in [5.41, 5.74) is 7.54. The van der Waals surface area contributed by atoms with Crippen LogP contribution in [0, 0.1) is 11.3 Å². The van der Waals surface area contributed by atoms with E-state index in [9.17, 15) is 0 Å². The van der Waals surface area contributed by atoms with E-state index < -0.39 is 0 Å². The fraction of sp³-hybridized carbons (Fsp3) is 0.533. The van der Waals surface area contributed by atoms with Crippen LogP contribution < -0.4 is 15.4 Å². The minimum absolute atomic E-state index is 0.471. The van der Waals surface area contributed by atoms with Gasteiger partial charge in [0, 0.05) is 32.0 Å². The van der Waals surface area contributed by atoms with Crippen molar-refractivity contribution in [1.82, 2.24) is 0 Å². The normalized spacial score (nSPS) is 10.1. The minimum Gasteiger partial charge on any atom is -0.491 e. The molecule has 0 aliphatic carbocycles. The van der Waals surface area contributed by atoms with Gasteiger partial charge in [-0.2, -0.15) is 5.26 Å². The van der Waals surface area contributed by atoms with E-state index >= 15 is 0 Å². The predicted octanol–water partition coefficient (Wildman–Crippen LogP) is 2.42. The average Bonchev–Trinajstić information content (AvgIpc) is 2.47. The summed E-state index contributed by atoms with van der Waals surface area (Å²) in [6.45, 7) is 4.70. The summed E-state index contributed by atoms with van der Waals surface area (Å²) in [6.07, 6.45) is 1.41. The Kier molecular flexibility index (Phi) is 7.30. The molecule has 5 heteroatoms. The Hall–Kier alpha value is -1.93. The molecular formula is C15H23N3O2. The Morgan fingerprint density at radius 2 is 2.10 bits per heavy atom. The molecule has 0 saturated heterocycles. The van der Waals surface area contributed by atoms with Gasteiger partial charge in [0.15, 0.2) is 0 Å². The molecule has 1 rings (SSSR count). The maximum atomic E-state index is 8.75. The second kappa shape index (κ2) is 9.05. The van der Waals surface area contributed by atoms with Crippen molar-refractivity contribution in [3.05, 3.63) is 18.2 Å². The van der Waals surface area contributed by atoms with E-state index in [0.717, 1.165) is 18.7 Å². The first kappa shape index (κ1) is 16.1. The monoisotopic (exact) mass is 277 g/mol. The molecule has 0 radical (unpaired) electrons. The van der Waals surface area contributed by atoms with Crippen molar-refractivity contribution in [2.45, 2.75) is 19.8 Å². The van der Waals surface area contributed by atoms with Gasteiger partial charge in [-0.05, 0) is 18.6 Å². The smallest absolute Gasteiger partial charge is 0.144 e. The highest BCUT2D eigenvalue weighted by Crippen LogP contribution is 2.28. The lowest BCUT2D eigenvalue weighted by atomic mass is 10.2. The number of nitrogens with two attached hydrogens (primary N) is 1. The topological polar surface area (TPSA) is 71.5 Å². The van der Waals surface area contributed by atoms with Crippen LogP contribution in [0.3, 0.4) is 0 Å². The molecule has 0 spiro atoms. The number of methoxy groups -OCH3 is 1. The highest BCUT2D eigenvalue weighted by Gasteiger charge is 2.09. The van der Waals surface area contributed by atoms with Gasteiger partial charge in [0.1, 0.15) is 5.75 Å². The van der Waals surface area contributed by atoms with Crippen LogP contribution in [0.2, 0.25) is 0 Å². The van der Waals surface area contributed by atoms with E-state index in [1.54, 1.807) is 7.11 Å². The summed E-state index contributed by atoms with van der Waals surface area (Å²) in [6, 6.07) is 7.88.